The van der Waals surface area contributed by atoms with Gasteiger partial charge in [-0.1, -0.05) is 24.3 Å². The number of carbonyl (C=O) groups is 3. The van der Waals surface area contributed by atoms with Crippen molar-refractivity contribution in [2.24, 2.45) is 0 Å². The minimum absolute atomic E-state index is 0.0369. The minimum Gasteiger partial charge on any atom is -0.350 e. The Labute approximate surface area is 194 Å². The van der Waals surface area contributed by atoms with Crippen LogP contribution in [-0.2, 0) is 24.4 Å². The summed E-state index contributed by atoms with van der Waals surface area (Å²) in [6, 6.07) is 12.8. The van der Waals surface area contributed by atoms with Crippen LogP contribution in [0.3, 0.4) is 0 Å². The summed E-state index contributed by atoms with van der Waals surface area (Å²) >= 11 is 0. The summed E-state index contributed by atoms with van der Waals surface area (Å²) in [5.74, 6) is -2.09. The van der Waals surface area contributed by atoms with Crippen molar-refractivity contribution in [1.29, 1.82) is 0 Å². The van der Waals surface area contributed by atoms with E-state index in [1.54, 1.807) is 31.2 Å². The van der Waals surface area contributed by atoms with Crippen LogP contribution in [0.4, 0.5) is 8.78 Å². The van der Waals surface area contributed by atoms with Gasteiger partial charge in [0.1, 0.15) is 22.9 Å². The van der Waals surface area contributed by atoms with Crippen LogP contribution in [0, 0.1) is 11.6 Å². The fourth-order valence-corrected chi connectivity index (χ4v) is 3.69. The first kappa shape index (κ1) is 23.1. The number of fused-ring (bicyclic) bond motifs is 1. The van der Waals surface area contributed by atoms with Gasteiger partial charge in [0.15, 0.2) is 5.69 Å². The molecule has 1 aliphatic rings. The van der Waals surface area contributed by atoms with E-state index in [9.17, 15) is 23.2 Å². The molecule has 176 valence electrons. The Morgan fingerprint density at radius 1 is 0.971 bits per heavy atom. The van der Waals surface area contributed by atoms with Gasteiger partial charge in [-0.15, -0.1) is 0 Å². The molecule has 3 amide bonds. The summed E-state index contributed by atoms with van der Waals surface area (Å²) in [6.45, 7) is 1.99. The maximum absolute atomic E-state index is 13.1. The van der Waals surface area contributed by atoms with Gasteiger partial charge in [0.25, 0.3) is 11.8 Å². The highest BCUT2D eigenvalue weighted by Gasteiger charge is 2.46. The predicted octanol–water partition coefficient (Wildman–Crippen LogP) is 2.25. The van der Waals surface area contributed by atoms with Gasteiger partial charge < -0.3 is 15.5 Å². The van der Waals surface area contributed by atoms with Crippen molar-refractivity contribution in [1.82, 2.24) is 25.3 Å². The Kier molecular flexibility index (Phi) is 6.14. The van der Waals surface area contributed by atoms with Gasteiger partial charge in [-0.05, 0) is 42.3 Å². The molecule has 0 fully saturated rings. The van der Waals surface area contributed by atoms with Gasteiger partial charge in [-0.3, -0.25) is 19.1 Å². The van der Waals surface area contributed by atoms with E-state index in [-0.39, 0.29) is 42.7 Å². The largest absolute Gasteiger partial charge is 0.350 e. The first-order valence-electron chi connectivity index (χ1n) is 10.6. The molecule has 1 aliphatic heterocycles. The van der Waals surface area contributed by atoms with Crippen molar-refractivity contribution in [2.45, 2.75) is 32.1 Å². The molecular weight excluding hydrogens is 444 g/mol. The number of hydrogen-bond acceptors (Lipinski definition) is 4. The second-order valence-electron chi connectivity index (χ2n) is 8.33. The summed E-state index contributed by atoms with van der Waals surface area (Å²) in [6.07, 6.45) is 0. The normalized spacial score (nSPS) is 17.3. The number of nitrogens with zero attached hydrogens (tertiary/aromatic N) is 3. The minimum atomic E-state index is -1.25. The summed E-state index contributed by atoms with van der Waals surface area (Å²) in [7, 11) is 1.52. The first-order chi connectivity index (χ1) is 16.2. The van der Waals surface area contributed by atoms with Crippen molar-refractivity contribution in [2.75, 3.05) is 7.05 Å². The molecule has 2 aromatic carbocycles. The second kappa shape index (κ2) is 9.05. The van der Waals surface area contributed by atoms with Crippen LogP contribution < -0.4 is 10.6 Å². The standard InChI is InChI=1S/C24H23F2N5O3/c1-24(23(34)28-13-16-5-9-18(26)10-6-16)14-31-20(22(33)30(24)2)11-19(29-31)21(32)27-12-15-3-7-17(25)8-4-15/h3-11H,12-14H2,1-2H3,(H,27,32)(H,28,34)/t24-/m1/s1. The molecule has 0 radical (unpaired) electrons. The number of hydrogen-bond donors (Lipinski definition) is 2. The van der Waals surface area contributed by atoms with E-state index >= 15 is 0 Å². The van der Waals surface area contributed by atoms with Gasteiger partial charge >= 0.3 is 0 Å². The molecule has 0 aliphatic carbocycles. The molecule has 0 unspecified atom stereocenters. The summed E-state index contributed by atoms with van der Waals surface area (Å²) in [5, 5.41) is 9.71. The van der Waals surface area contributed by atoms with Crippen LogP contribution in [0.1, 0.15) is 39.0 Å². The lowest BCUT2D eigenvalue weighted by Crippen LogP contribution is -2.62. The molecular formula is C24H23F2N5O3. The van der Waals surface area contributed by atoms with E-state index in [2.05, 4.69) is 15.7 Å². The van der Waals surface area contributed by atoms with Crippen molar-refractivity contribution in [3.8, 4) is 0 Å². The van der Waals surface area contributed by atoms with Crippen molar-refractivity contribution < 1.29 is 23.2 Å². The fourth-order valence-electron chi connectivity index (χ4n) is 3.69. The zero-order chi connectivity index (χ0) is 24.5. The van der Waals surface area contributed by atoms with Crippen molar-refractivity contribution in [3.05, 3.63) is 88.7 Å². The summed E-state index contributed by atoms with van der Waals surface area (Å²) < 4.78 is 27.5. The molecule has 3 aromatic rings. The lowest BCUT2D eigenvalue weighted by atomic mass is 9.96. The Bertz CT molecular complexity index is 1240. The zero-order valence-corrected chi connectivity index (χ0v) is 18.6. The highest BCUT2D eigenvalue weighted by atomic mass is 19.1. The topological polar surface area (TPSA) is 96.3 Å². The molecule has 10 heteroatoms. The Balaban J connectivity index is 1.46. The molecule has 4 rings (SSSR count). The number of carbonyl (C=O) groups excluding carboxylic acids is 3. The van der Waals surface area contributed by atoms with Crippen LogP contribution >= 0.6 is 0 Å². The third-order valence-corrected chi connectivity index (χ3v) is 5.96. The molecule has 0 saturated heterocycles. The molecule has 1 aromatic heterocycles. The maximum atomic E-state index is 13.1. The Morgan fingerprint density at radius 2 is 1.50 bits per heavy atom. The van der Waals surface area contributed by atoms with Crippen LogP contribution in [-0.4, -0.2) is 45.0 Å². The highest BCUT2D eigenvalue weighted by Crippen LogP contribution is 2.26. The molecule has 8 nitrogen and oxygen atoms in total. The van der Waals surface area contributed by atoms with Crippen LogP contribution in [0.15, 0.2) is 54.6 Å². The van der Waals surface area contributed by atoms with Crippen molar-refractivity contribution in [3.63, 3.8) is 0 Å². The average molecular weight is 467 g/mol. The third kappa shape index (κ3) is 4.52. The molecule has 0 bridgehead atoms. The number of nitrogens with one attached hydrogen (secondary N) is 2. The van der Waals surface area contributed by atoms with E-state index in [1.807, 2.05) is 0 Å². The van der Waals surface area contributed by atoms with Gasteiger partial charge in [0.05, 0.1) is 6.54 Å². The molecule has 2 heterocycles. The number of benzene rings is 2. The lowest BCUT2D eigenvalue weighted by Gasteiger charge is -2.40. The summed E-state index contributed by atoms with van der Waals surface area (Å²) in [5.41, 5.74) is 0.397. The number of halogens is 2. The third-order valence-electron chi connectivity index (χ3n) is 5.96. The predicted molar refractivity (Wildman–Crippen MR) is 119 cm³/mol. The van der Waals surface area contributed by atoms with Gasteiger partial charge in [-0.2, -0.15) is 5.10 Å². The van der Waals surface area contributed by atoms with Gasteiger partial charge in [0, 0.05) is 26.2 Å². The van der Waals surface area contributed by atoms with E-state index < -0.39 is 23.3 Å². The van der Waals surface area contributed by atoms with E-state index in [4.69, 9.17) is 0 Å². The van der Waals surface area contributed by atoms with Gasteiger partial charge in [-0.25, -0.2) is 8.78 Å². The molecule has 1 atom stereocenters. The van der Waals surface area contributed by atoms with Crippen molar-refractivity contribution >= 4 is 17.7 Å². The SMILES string of the molecule is CN1C(=O)c2cc(C(=O)NCc3ccc(F)cc3)nn2C[C@]1(C)C(=O)NCc1ccc(F)cc1. The van der Waals surface area contributed by atoms with Crippen LogP contribution in [0.25, 0.3) is 0 Å². The number of aromatic nitrogens is 2. The fraction of sp³-hybridized carbons (Fsp3) is 0.250. The van der Waals surface area contributed by atoms with E-state index in [1.165, 1.54) is 47.0 Å². The first-order valence-corrected chi connectivity index (χ1v) is 10.6. The average Bonchev–Trinajstić information content (AvgIpc) is 3.25. The van der Waals surface area contributed by atoms with Crippen LogP contribution in [0.2, 0.25) is 0 Å². The smallest absolute Gasteiger partial charge is 0.272 e. The molecule has 0 saturated carbocycles. The lowest BCUT2D eigenvalue weighted by molar-refractivity contribution is -0.132. The quantitative estimate of drug-likeness (QED) is 0.581. The Morgan fingerprint density at radius 3 is 2.06 bits per heavy atom. The highest BCUT2D eigenvalue weighted by molar-refractivity contribution is 6.01. The molecule has 2 N–H and O–H groups in total. The van der Waals surface area contributed by atoms with E-state index in [0.717, 1.165) is 0 Å². The monoisotopic (exact) mass is 467 g/mol. The summed E-state index contributed by atoms with van der Waals surface area (Å²) in [4.78, 5) is 39.9. The maximum Gasteiger partial charge on any atom is 0.272 e. The van der Waals surface area contributed by atoms with Crippen LogP contribution in [0.5, 0.6) is 0 Å². The second-order valence-corrected chi connectivity index (χ2v) is 8.33. The number of likely N-dealkylation sites (N-methyl/N-ethyl adjacent to an activating group) is 1. The molecule has 0 spiro atoms. The number of amides is 3. The zero-order valence-electron chi connectivity index (χ0n) is 18.6. The van der Waals surface area contributed by atoms with Gasteiger partial charge in [0.2, 0.25) is 5.91 Å². The Hall–Kier alpha value is -4.08. The number of rotatable bonds is 6. The molecule has 34 heavy (non-hydrogen) atoms. The van der Waals surface area contributed by atoms with E-state index in [0.29, 0.717) is 11.1 Å².